The van der Waals surface area contributed by atoms with E-state index in [1.165, 1.54) is 11.4 Å². The summed E-state index contributed by atoms with van der Waals surface area (Å²) in [6, 6.07) is 0.816. The Morgan fingerprint density at radius 2 is 1.90 bits per heavy atom. The first-order valence-corrected chi connectivity index (χ1v) is 7.48. The van der Waals surface area contributed by atoms with Crippen LogP contribution in [0.25, 0.3) is 0 Å². The van der Waals surface area contributed by atoms with Gasteiger partial charge in [-0.15, -0.1) is 0 Å². The zero-order chi connectivity index (χ0) is 14.9. The lowest BCUT2D eigenvalue weighted by atomic mass is 10.0. The molecule has 1 aromatic heterocycles. The topological polar surface area (TPSA) is 50.2 Å². The highest BCUT2D eigenvalue weighted by atomic mass is 16.2. The Hall–Kier alpha value is -1.52. The highest BCUT2D eigenvalue weighted by molar-refractivity contribution is 5.73. The number of carbonyl (C=O) groups is 1. The molecular formula is C15H26N4O. The summed E-state index contributed by atoms with van der Waals surface area (Å²) in [7, 11) is 0. The number of hydrogen-bond donors (Lipinski definition) is 1. The summed E-state index contributed by atoms with van der Waals surface area (Å²) < 4.78 is 2.07. The maximum Gasteiger partial charge on any atom is 0.219 e. The molecule has 0 atom stereocenters. The fourth-order valence-electron chi connectivity index (χ4n) is 2.92. The molecule has 1 fully saturated rings. The van der Waals surface area contributed by atoms with Gasteiger partial charge in [0.05, 0.1) is 17.1 Å². The molecule has 0 aliphatic carbocycles. The van der Waals surface area contributed by atoms with E-state index in [-0.39, 0.29) is 5.91 Å². The molecule has 1 N–H and O–H groups in total. The van der Waals surface area contributed by atoms with Crippen LogP contribution >= 0.6 is 0 Å². The average Bonchev–Trinajstić information content (AvgIpc) is 2.67. The Kier molecular flexibility index (Phi) is 4.35. The second kappa shape index (κ2) is 5.85. The molecule has 1 saturated heterocycles. The number of nitrogens with zero attached hydrogens (tertiary/aromatic N) is 3. The first-order chi connectivity index (χ1) is 9.40. The quantitative estimate of drug-likeness (QED) is 0.924. The molecule has 5 heteroatoms. The van der Waals surface area contributed by atoms with Crippen molar-refractivity contribution in [2.75, 3.05) is 18.4 Å². The number of anilines is 1. The molecule has 0 bridgehead atoms. The summed E-state index contributed by atoms with van der Waals surface area (Å²) in [4.78, 5) is 13.3. The van der Waals surface area contributed by atoms with Crippen LogP contribution in [-0.4, -0.2) is 39.7 Å². The fourth-order valence-corrected chi connectivity index (χ4v) is 2.92. The second-order valence-corrected chi connectivity index (χ2v) is 6.01. The van der Waals surface area contributed by atoms with E-state index in [9.17, 15) is 4.79 Å². The molecule has 20 heavy (non-hydrogen) atoms. The molecule has 112 valence electrons. The van der Waals surface area contributed by atoms with Crippen LogP contribution in [0.2, 0.25) is 0 Å². The van der Waals surface area contributed by atoms with Gasteiger partial charge in [0, 0.05) is 32.1 Å². The number of rotatable bonds is 3. The first-order valence-electron chi connectivity index (χ1n) is 7.48. The van der Waals surface area contributed by atoms with Gasteiger partial charge in [0.15, 0.2) is 0 Å². The van der Waals surface area contributed by atoms with E-state index >= 15 is 0 Å². The van der Waals surface area contributed by atoms with Crippen LogP contribution in [0, 0.1) is 13.8 Å². The standard InChI is InChI=1S/C15H26N4O/c1-10(2)19-12(4)15(11(3)17-19)16-14-6-8-18(9-7-14)13(5)20/h10,14,16H,6-9H2,1-5H3. The maximum atomic E-state index is 11.3. The van der Waals surface area contributed by atoms with Gasteiger partial charge in [0.2, 0.25) is 5.91 Å². The number of carbonyl (C=O) groups excluding carboxylic acids is 1. The number of aromatic nitrogens is 2. The van der Waals surface area contributed by atoms with Gasteiger partial charge in [0.1, 0.15) is 0 Å². The van der Waals surface area contributed by atoms with Crippen molar-refractivity contribution in [3.05, 3.63) is 11.4 Å². The molecule has 0 spiro atoms. The SMILES string of the molecule is CC(=O)N1CCC(Nc2c(C)nn(C(C)C)c2C)CC1. The van der Waals surface area contributed by atoms with E-state index in [1.807, 2.05) is 4.90 Å². The predicted molar refractivity (Wildman–Crippen MR) is 81.0 cm³/mol. The van der Waals surface area contributed by atoms with Crippen molar-refractivity contribution < 1.29 is 4.79 Å². The first kappa shape index (κ1) is 14.9. The van der Waals surface area contributed by atoms with Gasteiger partial charge >= 0.3 is 0 Å². The molecule has 2 rings (SSSR count). The average molecular weight is 278 g/mol. The van der Waals surface area contributed by atoms with Crippen LogP contribution in [0.4, 0.5) is 5.69 Å². The van der Waals surface area contributed by atoms with Crippen molar-refractivity contribution in [3.8, 4) is 0 Å². The van der Waals surface area contributed by atoms with E-state index in [0.29, 0.717) is 12.1 Å². The number of hydrogen-bond acceptors (Lipinski definition) is 3. The van der Waals surface area contributed by atoms with Gasteiger partial charge in [-0.05, 0) is 40.5 Å². The lowest BCUT2D eigenvalue weighted by molar-refractivity contribution is -0.129. The summed E-state index contributed by atoms with van der Waals surface area (Å²) in [5, 5.41) is 8.24. The summed E-state index contributed by atoms with van der Waals surface area (Å²) in [5.74, 6) is 0.184. The van der Waals surface area contributed by atoms with Crippen LogP contribution < -0.4 is 5.32 Å². The number of aryl methyl sites for hydroxylation is 1. The normalized spacial score (nSPS) is 16.8. The molecule has 1 aliphatic rings. The summed E-state index contributed by atoms with van der Waals surface area (Å²) in [6.07, 6.45) is 2.01. The number of amides is 1. The van der Waals surface area contributed by atoms with E-state index in [4.69, 9.17) is 0 Å². The number of piperidine rings is 1. The van der Waals surface area contributed by atoms with E-state index < -0.39 is 0 Å². The van der Waals surface area contributed by atoms with Crippen LogP contribution in [-0.2, 0) is 4.79 Å². The minimum absolute atomic E-state index is 0.184. The Bertz CT molecular complexity index is 484. The van der Waals surface area contributed by atoms with Crippen LogP contribution in [0.5, 0.6) is 0 Å². The van der Waals surface area contributed by atoms with E-state index in [1.54, 1.807) is 6.92 Å². The molecular weight excluding hydrogens is 252 g/mol. The Morgan fingerprint density at radius 1 is 1.30 bits per heavy atom. The third-order valence-corrected chi connectivity index (χ3v) is 4.10. The molecule has 2 heterocycles. The summed E-state index contributed by atoms with van der Waals surface area (Å²) >= 11 is 0. The lowest BCUT2D eigenvalue weighted by Gasteiger charge is -2.32. The van der Waals surface area contributed by atoms with Crippen LogP contribution in [0.3, 0.4) is 0 Å². The maximum absolute atomic E-state index is 11.3. The van der Waals surface area contributed by atoms with E-state index in [0.717, 1.165) is 31.6 Å². The van der Waals surface area contributed by atoms with Crippen molar-refractivity contribution in [1.82, 2.24) is 14.7 Å². The van der Waals surface area contributed by atoms with Crippen molar-refractivity contribution in [1.29, 1.82) is 0 Å². The molecule has 0 aromatic carbocycles. The number of nitrogens with one attached hydrogen (secondary N) is 1. The molecule has 1 aromatic rings. The monoisotopic (exact) mass is 278 g/mol. The molecule has 1 aliphatic heterocycles. The highest BCUT2D eigenvalue weighted by Gasteiger charge is 2.22. The molecule has 5 nitrogen and oxygen atoms in total. The van der Waals surface area contributed by atoms with Gasteiger partial charge in [-0.2, -0.15) is 5.10 Å². The number of likely N-dealkylation sites (tertiary alicyclic amines) is 1. The highest BCUT2D eigenvalue weighted by Crippen LogP contribution is 2.25. The second-order valence-electron chi connectivity index (χ2n) is 6.01. The zero-order valence-corrected chi connectivity index (χ0v) is 13.2. The molecule has 0 unspecified atom stereocenters. The lowest BCUT2D eigenvalue weighted by Crippen LogP contribution is -2.41. The predicted octanol–water partition coefficient (Wildman–Crippen LogP) is 2.50. The van der Waals surface area contributed by atoms with Gasteiger partial charge in [0.25, 0.3) is 0 Å². The van der Waals surface area contributed by atoms with Gasteiger partial charge in [-0.25, -0.2) is 0 Å². The third-order valence-electron chi connectivity index (χ3n) is 4.10. The van der Waals surface area contributed by atoms with Gasteiger partial charge < -0.3 is 10.2 Å². The Labute approximate surface area is 121 Å². The van der Waals surface area contributed by atoms with Crippen molar-refractivity contribution in [2.45, 2.75) is 59.5 Å². The van der Waals surface area contributed by atoms with Crippen LogP contribution in [0.15, 0.2) is 0 Å². The summed E-state index contributed by atoms with van der Waals surface area (Å²) in [6.45, 7) is 11.8. The smallest absolute Gasteiger partial charge is 0.219 e. The summed E-state index contributed by atoms with van der Waals surface area (Å²) in [5.41, 5.74) is 3.43. The minimum atomic E-state index is 0.184. The third kappa shape index (κ3) is 2.97. The fraction of sp³-hybridized carbons (Fsp3) is 0.733. The molecule has 1 amide bonds. The largest absolute Gasteiger partial charge is 0.379 e. The van der Waals surface area contributed by atoms with Crippen molar-refractivity contribution in [3.63, 3.8) is 0 Å². The Balaban J connectivity index is 2.03. The molecule has 0 saturated carbocycles. The van der Waals surface area contributed by atoms with Crippen LogP contribution in [0.1, 0.15) is 51.0 Å². The molecule has 0 radical (unpaired) electrons. The zero-order valence-electron chi connectivity index (χ0n) is 13.2. The van der Waals surface area contributed by atoms with Gasteiger partial charge in [-0.3, -0.25) is 9.48 Å². The Morgan fingerprint density at radius 3 is 2.35 bits per heavy atom. The van der Waals surface area contributed by atoms with Gasteiger partial charge in [-0.1, -0.05) is 0 Å². The van der Waals surface area contributed by atoms with Crippen molar-refractivity contribution >= 4 is 11.6 Å². The van der Waals surface area contributed by atoms with Crippen molar-refractivity contribution in [2.24, 2.45) is 0 Å². The minimum Gasteiger partial charge on any atom is -0.379 e. The van der Waals surface area contributed by atoms with E-state index in [2.05, 4.69) is 42.8 Å².